The van der Waals surface area contributed by atoms with E-state index in [4.69, 9.17) is 10.6 Å². The molecular formula is C5H7BrN4O. The molecule has 1 aromatic rings. The van der Waals surface area contributed by atoms with Crippen LogP contribution in [0.5, 0.6) is 5.88 Å². The molecule has 60 valence electrons. The molecule has 0 atom stereocenters. The number of anilines is 1. The van der Waals surface area contributed by atoms with Crippen LogP contribution in [0, 0.1) is 0 Å². The van der Waals surface area contributed by atoms with Gasteiger partial charge in [-0.05, 0) is 15.9 Å². The molecule has 6 heteroatoms. The topological polar surface area (TPSA) is 73.1 Å². The lowest BCUT2D eigenvalue weighted by atomic mass is 10.6. The van der Waals surface area contributed by atoms with Gasteiger partial charge in [0.1, 0.15) is 4.60 Å². The van der Waals surface area contributed by atoms with Crippen LogP contribution in [0.3, 0.4) is 0 Å². The second-order valence-corrected chi connectivity index (χ2v) is 2.51. The number of aromatic nitrogens is 2. The van der Waals surface area contributed by atoms with Crippen molar-refractivity contribution in [2.75, 3.05) is 12.5 Å². The summed E-state index contributed by atoms with van der Waals surface area (Å²) in [5, 5.41) is 0. The summed E-state index contributed by atoms with van der Waals surface area (Å²) in [5.41, 5.74) is 2.36. The van der Waals surface area contributed by atoms with Crippen LogP contribution in [-0.2, 0) is 0 Å². The number of hydrogen-bond donors (Lipinski definition) is 2. The Morgan fingerprint density at radius 2 is 2.45 bits per heavy atom. The minimum atomic E-state index is 0.371. The van der Waals surface area contributed by atoms with Crippen molar-refractivity contribution >= 4 is 21.7 Å². The van der Waals surface area contributed by atoms with E-state index >= 15 is 0 Å². The number of rotatable bonds is 2. The maximum absolute atomic E-state index is 5.14. The van der Waals surface area contributed by atoms with Crippen LogP contribution in [-0.4, -0.2) is 17.1 Å². The number of methoxy groups -OCH3 is 1. The van der Waals surface area contributed by atoms with E-state index in [0.29, 0.717) is 16.3 Å². The van der Waals surface area contributed by atoms with Crippen molar-refractivity contribution in [2.24, 2.45) is 5.84 Å². The Labute approximate surface area is 72.1 Å². The van der Waals surface area contributed by atoms with Gasteiger partial charge in [-0.3, -0.25) is 0 Å². The highest BCUT2D eigenvalue weighted by molar-refractivity contribution is 9.10. The number of nitrogen functional groups attached to an aromatic ring is 1. The molecule has 0 aliphatic carbocycles. The molecule has 0 spiro atoms. The van der Waals surface area contributed by atoms with Gasteiger partial charge in [0, 0.05) is 0 Å². The molecule has 0 amide bonds. The third-order valence-electron chi connectivity index (χ3n) is 1.04. The summed E-state index contributed by atoms with van der Waals surface area (Å²) in [4.78, 5) is 7.85. The average molecular weight is 219 g/mol. The monoisotopic (exact) mass is 218 g/mol. The molecule has 0 aliphatic rings. The van der Waals surface area contributed by atoms with Crippen molar-refractivity contribution in [1.82, 2.24) is 9.97 Å². The summed E-state index contributed by atoms with van der Waals surface area (Å²) >= 11 is 3.14. The van der Waals surface area contributed by atoms with E-state index in [-0.39, 0.29) is 0 Å². The van der Waals surface area contributed by atoms with Crippen molar-refractivity contribution < 1.29 is 4.74 Å². The van der Waals surface area contributed by atoms with E-state index in [0.717, 1.165) is 0 Å². The van der Waals surface area contributed by atoms with Gasteiger partial charge in [0.25, 0.3) is 5.88 Å². The van der Waals surface area contributed by atoms with Crippen LogP contribution in [0.15, 0.2) is 10.8 Å². The molecule has 0 aromatic carbocycles. The highest BCUT2D eigenvalue weighted by Gasteiger charge is 2.03. The van der Waals surface area contributed by atoms with Gasteiger partial charge >= 0.3 is 0 Å². The van der Waals surface area contributed by atoms with Gasteiger partial charge in [0.05, 0.1) is 13.3 Å². The van der Waals surface area contributed by atoms with Crippen LogP contribution in [0.1, 0.15) is 0 Å². The lowest BCUT2D eigenvalue weighted by Crippen LogP contribution is -2.10. The molecule has 0 saturated carbocycles. The van der Waals surface area contributed by atoms with Gasteiger partial charge in [0.15, 0.2) is 0 Å². The molecule has 1 heterocycles. The summed E-state index contributed by atoms with van der Waals surface area (Å²) in [5.74, 6) is 5.92. The Bertz CT molecular complexity index is 254. The Hall–Kier alpha value is -0.880. The number of nitrogens with one attached hydrogen (secondary N) is 1. The van der Waals surface area contributed by atoms with E-state index in [9.17, 15) is 0 Å². The molecule has 5 nitrogen and oxygen atoms in total. The number of nitrogens with two attached hydrogens (primary N) is 1. The number of hydrogen-bond acceptors (Lipinski definition) is 5. The molecule has 0 saturated heterocycles. The molecule has 0 bridgehead atoms. The van der Waals surface area contributed by atoms with E-state index in [1.807, 2.05) is 0 Å². The Kier molecular flexibility index (Phi) is 2.61. The first-order chi connectivity index (χ1) is 5.27. The summed E-state index contributed by atoms with van der Waals surface area (Å²) in [6.07, 6.45) is 1.53. The van der Waals surface area contributed by atoms with Crippen LogP contribution < -0.4 is 16.0 Å². The first-order valence-electron chi connectivity index (χ1n) is 2.81. The number of hydrazine groups is 1. The zero-order valence-corrected chi connectivity index (χ0v) is 7.42. The van der Waals surface area contributed by atoms with E-state index in [1.165, 1.54) is 13.3 Å². The molecule has 1 rings (SSSR count). The lowest BCUT2D eigenvalue weighted by Gasteiger charge is -2.03. The van der Waals surface area contributed by atoms with Crippen molar-refractivity contribution in [3.8, 4) is 5.88 Å². The number of ether oxygens (including phenoxy) is 1. The van der Waals surface area contributed by atoms with Crippen LogP contribution in [0.2, 0.25) is 0 Å². The Balaban J connectivity index is 3.06. The van der Waals surface area contributed by atoms with Crippen molar-refractivity contribution in [3.63, 3.8) is 0 Å². The minimum Gasteiger partial charge on any atom is -0.478 e. The van der Waals surface area contributed by atoms with E-state index < -0.39 is 0 Å². The fraction of sp³-hybridized carbons (Fsp3) is 0.200. The largest absolute Gasteiger partial charge is 0.478 e. The van der Waals surface area contributed by atoms with Crippen molar-refractivity contribution in [2.45, 2.75) is 0 Å². The zero-order chi connectivity index (χ0) is 8.27. The van der Waals surface area contributed by atoms with Gasteiger partial charge in [0.2, 0.25) is 5.82 Å². The maximum atomic E-state index is 5.14. The van der Waals surface area contributed by atoms with Gasteiger partial charge in [-0.1, -0.05) is 0 Å². The Morgan fingerprint density at radius 1 is 1.73 bits per heavy atom. The quantitative estimate of drug-likeness (QED) is 0.560. The number of nitrogens with zero attached hydrogens (tertiary/aromatic N) is 2. The molecule has 0 radical (unpaired) electrons. The predicted molar refractivity (Wildman–Crippen MR) is 44.1 cm³/mol. The Morgan fingerprint density at radius 3 is 3.00 bits per heavy atom. The summed E-state index contributed by atoms with van der Waals surface area (Å²) in [6.45, 7) is 0. The first kappa shape index (κ1) is 8.22. The lowest BCUT2D eigenvalue weighted by molar-refractivity contribution is 0.397. The minimum absolute atomic E-state index is 0.371. The molecule has 11 heavy (non-hydrogen) atoms. The molecule has 0 aliphatic heterocycles. The van der Waals surface area contributed by atoms with E-state index in [2.05, 4.69) is 31.3 Å². The predicted octanol–water partition coefficient (Wildman–Crippen LogP) is 0.533. The highest BCUT2D eigenvalue weighted by atomic mass is 79.9. The molecule has 1 aromatic heterocycles. The summed E-state index contributed by atoms with van der Waals surface area (Å²) in [7, 11) is 1.50. The van der Waals surface area contributed by atoms with Crippen LogP contribution >= 0.6 is 15.9 Å². The molecule has 0 unspecified atom stereocenters. The fourth-order valence-corrected chi connectivity index (χ4v) is 0.880. The standard InChI is InChI=1S/C5H7BrN4O/c1-11-5-4(10-7)9-3(6)2-8-5/h2H,7H2,1H3,(H,9,10). The SMILES string of the molecule is COc1ncc(Br)nc1NN. The first-order valence-corrected chi connectivity index (χ1v) is 3.60. The third-order valence-corrected chi connectivity index (χ3v) is 1.42. The summed E-state index contributed by atoms with van der Waals surface area (Å²) < 4.78 is 5.46. The third kappa shape index (κ3) is 1.78. The van der Waals surface area contributed by atoms with Crippen LogP contribution in [0.4, 0.5) is 5.82 Å². The highest BCUT2D eigenvalue weighted by Crippen LogP contribution is 2.18. The smallest absolute Gasteiger partial charge is 0.258 e. The second-order valence-electron chi connectivity index (χ2n) is 1.69. The fourth-order valence-electron chi connectivity index (χ4n) is 0.600. The summed E-state index contributed by atoms with van der Waals surface area (Å²) in [6, 6.07) is 0. The number of halogens is 1. The maximum Gasteiger partial charge on any atom is 0.258 e. The molecular weight excluding hydrogens is 212 g/mol. The van der Waals surface area contributed by atoms with Gasteiger partial charge in [-0.15, -0.1) is 0 Å². The van der Waals surface area contributed by atoms with Crippen molar-refractivity contribution in [3.05, 3.63) is 10.8 Å². The normalized spacial score (nSPS) is 9.36. The van der Waals surface area contributed by atoms with Gasteiger partial charge in [-0.2, -0.15) is 0 Å². The van der Waals surface area contributed by atoms with Crippen LogP contribution in [0.25, 0.3) is 0 Å². The zero-order valence-electron chi connectivity index (χ0n) is 5.84. The van der Waals surface area contributed by atoms with Gasteiger partial charge in [-0.25, -0.2) is 15.8 Å². The molecule has 3 N–H and O–H groups in total. The average Bonchev–Trinajstić information content (AvgIpc) is 2.04. The second kappa shape index (κ2) is 3.49. The molecule has 0 fully saturated rings. The van der Waals surface area contributed by atoms with Crippen molar-refractivity contribution in [1.29, 1.82) is 0 Å². The van der Waals surface area contributed by atoms with Gasteiger partial charge < -0.3 is 10.2 Å². The van der Waals surface area contributed by atoms with E-state index in [1.54, 1.807) is 0 Å².